The van der Waals surface area contributed by atoms with Crippen molar-refractivity contribution in [1.82, 2.24) is 4.72 Å². The highest BCUT2D eigenvalue weighted by Gasteiger charge is 2.12. The Morgan fingerprint density at radius 1 is 1.82 bits per heavy atom. The van der Waals surface area contributed by atoms with Crippen LogP contribution >= 0.6 is 0 Å². The molecule has 0 aromatic rings. The van der Waals surface area contributed by atoms with Crippen molar-refractivity contribution in [3.05, 3.63) is 0 Å². The van der Waals surface area contributed by atoms with Crippen LogP contribution in [0.25, 0.3) is 0 Å². The Kier molecular flexibility index (Phi) is 5.01. The molecule has 11 heavy (non-hydrogen) atoms. The molecule has 0 aromatic carbocycles. The standard InChI is InChI=1S/C5H11NO4S/c1-3-10-5(7)4(2)6-11(8)9/h4,6H,3H2,1-2H3,(H,8,9)/p-1. The molecule has 0 saturated carbocycles. The van der Waals surface area contributed by atoms with Crippen molar-refractivity contribution in [3.8, 4) is 0 Å². The molecule has 0 bridgehead atoms. The van der Waals surface area contributed by atoms with Crippen molar-refractivity contribution in [1.29, 1.82) is 0 Å². The molecule has 0 radical (unpaired) electrons. The summed E-state index contributed by atoms with van der Waals surface area (Å²) in [5.74, 6) is -0.572. The van der Waals surface area contributed by atoms with Crippen LogP contribution in [0.2, 0.25) is 0 Å². The molecule has 2 unspecified atom stereocenters. The molecule has 0 fully saturated rings. The summed E-state index contributed by atoms with van der Waals surface area (Å²) >= 11 is -2.42. The van der Waals surface area contributed by atoms with E-state index in [1.807, 2.05) is 4.72 Å². The Hall–Kier alpha value is -0.460. The number of esters is 1. The zero-order valence-corrected chi connectivity index (χ0v) is 7.14. The topological polar surface area (TPSA) is 78.5 Å². The summed E-state index contributed by atoms with van der Waals surface area (Å²) in [6.45, 7) is 3.31. The van der Waals surface area contributed by atoms with Gasteiger partial charge in [0.05, 0.1) is 6.61 Å². The van der Waals surface area contributed by atoms with Gasteiger partial charge in [0.15, 0.2) is 0 Å². The molecule has 0 aliphatic rings. The Morgan fingerprint density at radius 2 is 2.36 bits per heavy atom. The predicted molar refractivity (Wildman–Crippen MR) is 38.2 cm³/mol. The maximum Gasteiger partial charge on any atom is 0.323 e. The van der Waals surface area contributed by atoms with Gasteiger partial charge in [-0.1, -0.05) is 0 Å². The van der Waals surface area contributed by atoms with E-state index in [0.717, 1.165) is 0 Å². The predicted octanol–water partition coefficient (Wildman–Crippen LogP) is -0.678. The number of rotatable bonds is 4. The molecule has 0 aliphatic carbocycles. The molecule has 66 valence electrons. The first-order valence-corrected chi connectivity index (χ1v) is 4.17. The Bertz CT molecular complexity index is 161. The third kappa shape index (κ3) is 4.88. The zero-order valence-electron chi connectivity index (χ0n) is 6.33. The van der Waals surface area contributed by atoms with Crippen LogP contribution in [0, 0.1) is 0 Å². The first-order valence-electron chi connectivity index (χ1n) is 3.10. The number of carbonyl (C=O) groups is 1. The minimum atomic E-state index is -2.42. The average Bonchev–Trinajstić information content (AvgIpc) is 1.86. The van der Waals surface area contributed by atoms with Crippen LogP contribution in [0.3, 0.4) is 0 Å². The van der Waals surface area contributed by atoms with E-state index in [4.69, 9.17) is 0 Å². The highest BCUT2D eigenvalue weighted by molar-refractivity contribution is 7.77. The minimum absolute atomic E-state index is 0.246. The number of hydrogen-bond donors (Lipinski definition) is 1. The molecule has 2 atom stereocenters. The monoisotopic (exact) mass is 180 g/mol. The second-order valence-electron chi connectivity index (χ2n) is 1.83. The van der Waals surface area contributed by atoms with Gasteiger partial charge < -0.3 is 9.29 Å². The van der Waals surface area contributed by atoms with Crippen molar-refractivity contribution >= 4 is 17.2 Å². The molecular formula is C5H10NO4S-. The van der Waals surface area contributed by atoms with Crippen LogP contribution < -0.4 is 4.72 Å². The van der Waals surface area contributed by atoms with Crippen LogP contribution in [0.1, 0.15) is 13.8 Å². The van der Waals surface area contributed by atoms with Crippen LogP contribution in [-0.2, 0) is 20.8 Å². The van der Waals surface area contributed by atoms with Crippen LogP contribution in [0.15, 0.2) is 0 Å². The van der Waals surface area contributed by atoms with Crippen molar-refractivity contribution in [2.24, 2.45) is 0 Å². The van der Waals surface area contributed by atoms with Crippen LogP contribution in [0.5, 0.6) is 0 Å². The number of nitrogens with one attached hydrogen (secondary N) is 1. The van der Waals surface area contributed by atoms with Gasteiger partial charge in [0.25, 0.3) is 0 Å². The van der Waals surface area contributed by atoms with Gasteiger partial charge in [0.2, 0.25) is 0 Å². The summed E-state index contributed by atoms with van der Waals surface area (Å²) in [4.78, 5) is 10.7. The molecule has 0 aliphatic heterocycles. The first kappa shape index (κ1) is 10.5. The summed E-state index contributed by atoms with van der Waals surface area (Å²) in [6.07, 6.45) is 0. The van der Waals surface area contributed by atoms with E-state index in [1.54, 1.807) is 6.92 Å². The van der Waals surface area contributed by atoms with Gasteiger partial charge >= 0.3 is 5.97 Å². The maximum atomic E-state index is 10.7. The lowest BCUT2D eigenvalue weighted by Crippen LogP contribution is -2.36. The minimum Gasteiger partial charge on any atom is -0.760 e. The SMILES string of the molecule is CCOC(=O)C(C)NS(=O)[O-]. The van der Waals surface area contributed by atoms with E-state index in [0.29, 0.717) is 0 Å². The molecule has 0 saturated heterocycles. The molecule has 0 aromatic heterocycles. The Morgan fingerprint density at radius 3 is 2.73 bits per heavy atom. The van der Waals surface area contributed by atoms with Crippen molar-refractivity contribution in [2.75, 3.05) is 6.61 Å². The summed E-state index contributed by atoms with van der Waals surface area (Å²) in [5, 5.41) is 0. The molecule has 0 rings (SSSR count). The fourth-order valence-corrected chi connectivity index (χ4v) is 0.845. The van der Waals surface area contributed by atoms with E-state index < -0.39 is 23.3 Å². The molecule has 0 amide bonds. The third-order valence-corrected chi connectivity index (χ3v) is 1.46. The molecule has 0 spiro atoms. The fraction of sp³-hybridized carbons (Fsp3) is 0.800. The smallest absolute Gasteiger partial charge is 0.323 e. The van der Waals surface area contributed by atoms with Gasteiger partial charge in [-0.3, -0.25) is 9.00 Å². The van der Waals surface area contributed by atoms with Crippen LogP contribution in [0.4, 0.5) is 0 Å². The van der Waals surface area contributed by atoms with Crippen molar-refractivity contribution in [2.45, 2.75) is 19.9 Å². The third-order valence-electron chi connectivity index (χ3n) is 0.913. The lowest BCUT2D eigenvalue weighted by Gasteiger charge is -2.13. The van der Waals surface area contributed by atoms with Gasteiger partial charge in [-0.15, -0.1) is 0 Å². The fourth-order valence-electron chi connectivity index (χ4n) is 0.460. The van der Waals surface area contributed by atoms with Crippen molar-refractivity contribution < 1.29 is 18.3 Å². The Labute approximate surface area is 67.5 Å². The highest BCUT2D eigenvalue weighted by Crippen LogP contribution is 1.87. The summed E-state index contributed by atoms with van der Waals surface area (Å²) in [7, 11) is 0. The van der Waals surface area contributed by atoms with Crippen molar-refractivity contribution in [3.63, 3.8) is 0 Å². The van der Waals surface area contributed by atoms with E-state index in [1.165, 1.54) is 6.92 Å². The van der Waals surface area contributed by atoms with E-state index in [9.17, 15) is 13.6 Å². The second-order valence-corrected chi connectivity index (χ2v) is 2.53. The highest BCUT2D eigenvalue weighted by atomic mass is 32.2. The largest absolute Gasteiger partial charge is 0.760 e. The zero-order chi connectivity index (χ0) is 8.85. The van der Waals surface area contributed by atoms with E-state index >= 15 is 0 Å². The Balaban J connectivity index is 3.73. The van der Waals surface area contributed by atoms with E-state index in [-0.39, 0.29) is 6.61 Å². The average molecular weight is 180 g/mol. The maximum absolute atomic E-state index is 10.7. The molecular weight excluding hydrogens is 170 g/mol. The lowest BCUT2D eigenvalue weighted by atomic mass is 10.4. The van der Waals surface area contributed by atoms with Gasteiger partial charge in [-0.25, -0.2) is 4.72 Å². The van der Waals surface area contributed by atoms with Gasteiger partial charge in [-0.2, -0.15) is 0 Å². The summed E-state index contributed by atoms with van der Waals surface area (Å²) in [5.41, 5.74) is 0. The normalized spacial score (nSPS) is 15.5. The van der Waals surface area contributed by atoms with Gasteiger partial charge in [0.1, 0.15) is 6.04 Å². The van der Waals surface area contributed by atoms with E-state index in [2.05, 4.69) is 4.74 Å². The molecule has 5 nitrogen and oxygen atoms in total. The summed E-state index contributed by atoms with van der Waals surface area (Å²) < 4.78 is 26.5. The molecule has 6 heteroatoms. The van der Waals surface area contributed by atoms with Gasteiger partial charge in [-0.05, 0) is 13.8 Å². The number of ether oxygens (including phenoxy) is 1. The van der Waals surface area contributed by atoms with Gasteiger partial charge in [0, 0.05) is 11.3 Å². The lowest BCUT2D eigenvalue weighted by molar-refractivity contribution is -0.144. The second kappa shape index (κ2) is 5.22. The summed E-state index contributed by atoms with van der Waals surface area (Å²) in [6, 6.07) is -0.812. The number of hydrogen-bond acceptors (Lipinski definition) is 4. The first-order chi connectivity index (χ1) is 5.07. The quantitative estimate of drug-likeness (QED) is 0.459. The molecule has 1 N–H and O–H groups in total. The number of carbonyl (C=O) groups excluding carboxylic acids is 1. The molecule has 0 heterocycles. The van der Waals surface area contributed by atoms with Crippen LogP contribution in [-0.4, -0.2) is 27.4 Å².